The Morgan fingerprint density at radius 3 is 2.56 bits per heavy atom. The van der Waals surface area contributed by atoms with Crippen molar-refractivity contribution in [2.45, 2.75) is 12.3 Å². The van der Waals surface area contributed by atoms with E-state index in [1.54, 1.807) is 66.5 Å². The van der Waals surface area contributed by atoms with E-state index in [2.05, 4.69) is 10.3 Å². The number of carbonyl (C=O) groups excluding carboxylic acids is 2. The van der Waals surface area contributed by atoms with Crippen LogP contribution in [0.3, 0.4) is 0 Å². The molecule has 2 atom stereocenters. The van der Waals surface area contributed by atoms with Gasteiger partial charge in [-0.05, 0) is 48.2 Å². The number of aromatic nitrogens is 2. The van der Waals surface area contributed by atoms with Gasteiger partial charge in [-0.15, -0.1) is 0 Å². The van der Waals surface area contributed by atoms with Crippen molar-refractivity contribution < 1.29 is 14.0 Å². The molecule has 1 aromatic heterocycles. The second-order valence-corrected chi connectivity index (χ2v) is 6.73. The van der Waals surface area contributed by atoms with Gasteiger partial charge in [0.2, 0.25) is 11.7 Å². The molecule has 1 saturated carbocycles. The fraction of sp³-hybridized carbons (Fsp3) is 0.190. The van der Waals surface area contributed by atoms with Crippen LogP contribution in [0.15, 0.2) is 60.9 Å². The lowest BCUT2D eigenvalue weighted by Crippen LogP contribution is -2.15. The highest BCUT2D eigenvalue weighted by atomic mass is 19.1. The molecule has 1 amide bonds. The Hall–Kier alpha value is -3.28. The van der Waals surface area contributed by atoms with Gasteiger partial charge in [0.25, 0.3) is 0 Å². The zero-order valence-corrected chi connectivity index (χ0v) is 14.7. The molecule has 136 valence electrons. The topological polar surface area (TPSA) is 64.0 Å². The summed E-state index contributed by atoms with van der Waals surface area (Å²) in [6, 6.07) is 13.3. The molecule has 4 rings (SSSR count). The summed E-state index contributed by atoms with van der Waals surface area (Å²) in [4.78, 5) is 28.9. The van der Waals surface area contributed by atoms with Gasteiger partial charge in [-0.1, -0.05) is 18.2 Å². The summed E-state index contributed by atoms with van der Waals surface area (Å²) in [5.41, 5.74) is 1.70. The minimum atomic E-state index is -0.269. The van der Waals surface area contributed by atoms with Crippen molar-refractivity contribution in [2.24, 2.45) is 13.0 Å². The minimum Gasteiger partial charge on any atom is -0.331 e. The highest BCUT2D eigenvalue weighted by Crippen LogP contribution is 2.48. The van der Waals surface area contributed by atoms with Gasteiger partial charge in [-0.2, -0.15) is 0 Å². The molecule has 1 N–H and O–H groups in total. The van der Waals surface area contributed by atoms with Crippen LogP contribution in [0.5, 0.6) is 0 Å². The quantitative estimate of drug-likeness (QED) is 0.706. The average molecular weight is 363 g/mol. The summed E-state index contributed by atoms with van der Waals surface area (Å²) < 4.78 is 15.5. The molecule has 0 spiro atoms. The smallest absolute Gasteiger partial charge is 0.228 e. The molecule has 1 heterocycles. The maximum atomic E-state index is 13.8. The van der Waals surface area contributed by atoms with E-state index in [9.17, 15) is 14.0 Å². The van der Waals surface area contributed by atoms with Crippen LogP contribution in [0.4, 0.5) is 10.1 Å². The zero-order chi connectivity index (χ0) is 19.0. The van der Waals surface area contributed by atoms with Crippen molar-refractivity contribution in [3.05, 3.63) is 83.7 Å². The molecule has 0 unspecified atom stereocenters. The lowest BCUT2D eigenvalue weighted by Gasteiger charge is -2.07. The van der Waals surface area contributed by atoms with Crippen LogP contribution in [0.2, 0.25) is 0 Å². The lowest BCUT2D eigenvalue weighted by molar-refractivity contribution is -0.117. The van der Waals surface area contributed by atoms with Crippen LogP contribution >= 0.6 is 0 Å². The minimum absolute atomic E-state index is 0.0736. The normalized spacial score (nSPS) is 18.1. The third-order valence-corrected chi connectivity index (χ3v) is 4.87. The second kappa shape index (κ2) is 6.79. The van der Waals surface area contributed by atoms with Crippen LogP contribution in [-0.2, 0) is 11.8 Å². The van der Waals surface area contributed by atoms with Crippen molar-refractivity contribution in [3.8, 4) is 0 Å². The first-order chi connectivity index (χ1) is 13.0. The van der Waals surface area contributed by atoms with E-state index < -0.39 is 0 Å². The summed E-state index contributed by atoms with van der Waals surface area (Å²) in [5, 5.41) is 2.84. The van der Waals surface area contributed by atoms with E-state index in [0.29, 0.717) is 29.1 Å². The van der Waals surface area contributed by atoms with Gasteiger partial charge in [0, 0.05) is 36.6 Å². The number of nitrogens with zero attached hydrogens (tertiary/aromatic N) is 2. The summed E-state index contributed by atoms with van der Waals surface area (Å²) in [6.45, 7) is 0. The summed E-state index contributed by atoms with van der Waals surface area (Å²) in [6.07, 6.45) is 3.93. The van der Waals surface area contributed by atoms with Crippen molar-refractivity contribution in [1.29, 1.82) is 0 Å². The molecule has 5 nitrogen and oxygen atoms in total. The third kappa shape index (κ3) is 3.38. The molecule has 0 aliphatic heterocycles. The van der Waals surface area contributed by atoms with Crippen LogP contribution in [0, 0.1) is 11.7 Å². The number of nitrogens with one attached hydrogen (secondary N) is 1. The molecule has 1 aliphatic rings. The van der Waals surface area contributed by atoms with Gasteiger partial charge in [-0.25, -0.2) is 9.37 Å². The van der Waals surface area contributed by atoms with Crippen LogP contribution < -0.4 is 5.32 Å². The van der Waals surface area contributed by atoms with E-state index in [1.165, 1.54) is 6.07 Å². The number of imidazole rings is 1. The van der Waals surface area contributed by atoms with Crippen molar-refractivity contribution in [1.82, 2.24) is 9.55 Å². The number of carbonyl (C=O) groups is 2. The fourth-order valence-electron chi connectivity index (χ4n) is 3.26. The first-order valence-electron chi connectivity index (χ1n) is 8.72. The van der Waals surface area contributed by atoms with Crippen molar-refractivity contribution in [2.75, 3.05) is 5.32 Å². The van der Waals surface area contributed by atoms with E-state index >= 15 is 0 Å². The fourth-order valence-corrected chi connectivity index (χ4v) is 3.26. The SMILES string of the molecule is Cn1ccnc1C(=O)c1ccc(NC(=O)[C@@H]2C[C@H]2c2ccccc2F)cc1. The van der Waals surface area contributed by atoms with Crippen LogP contribution in [0.25, 0.3) is 0 Å². The molecular weight excluding hydrogens is 345 g/mol. The number of rotatable bonds is 5. The van der Waals surface area contributed by atoms with E-state index in [4.69, 9.17) is 0 Å². The molecule has 3 aromatic rings. The summed E-state index contributed by atoms with van der Waals surface area (Å²) in [5.74, 6) is -0.521. The number of benzene rings is 2. The number of hydrogen-bond acceptors (Lipinski definition) is 3. The van der Waals surface area contributed by atoms with E-state index in [0.717, 1.165) is 0 Å². The molecule has 1 aliphatic carbocycles. The molecular formula is C21H18FN3O2. The first kappa shape index (κ1) is 17.1. The Bertz CT molecular complexity index is 1010. The van der Waals surface area contributed by atoms with E-state index in [-0.39, 0.29) is 29.3 Å². The Labute approximate surface area is 155 Å². The average Bonchev–Trinajstić information content (AvgIpc) is 3.35. The number of hydrogen-bond donors (Lipinski definition) is 1. The van der Waals surface area contributed by atoms with Gasteiger partial charge in [0.1, 0.15) is 5.82 Å². The van der Waals surface area contributed by atoms with E-state index in [1.807, 2.05) is 0 Å². The molecule has 6 heteroatoms. The highest BCUT2D eigenvalue weighted by molar-refractivity contribution is 6.07. The number of anilines is 1. The summed E-state index contributed by atoms with van der Waals surface area (Å²) >= 11 is 0. The third-order valence-electron chi connectivity index (χ3n) is 4.87. The molecule has 2 aromatic carbocycles. The number of aryl methyl sites for hydroxylation is 1. The van der Waals surface area contributed by atoms with Crippen molar-refractivity contribution in [3.63, 3.8) is 0 Å². The highest BCUT2D eigenvalue weighted by Gasteiger charge is 2.45. The first-order valence-corrected chi connectivity index (χ1v) is 8.72. The number of ketones is 1. The molecule has 0 bridgehead atoms. The molecule has 1 fully saturated rings. The zero-order valence-electron chi connectivity index (χ0n) is 14.7. The van der Waals surface area contributed by atoms with Gasteiger partial charge < -0.3 is 9.88 Å². The van der Waals surface area contributed by atoms with Gasteiger partial charge in [0.15, 0.2) is 5.82 Å². The Morgan fingerprint density at radius 2 is 1.89 bits per heavy atom. The number of halogens is 1. The molecule has 27 heavy (non-hydrogen) atoms. The predicted molar refractivity (Wildman–Crippen MR) is 99.0 cm³/mol. The number of amides is 1. The Balaban J connectivity index is 1.41. The van der Waals surface area contributed by atoms with Crippen LogP contribution in [-0.4, -0.2) is 21.2 Å². The van der Waals surface area contributed by atoms with Gasteiger partial charge in [-0.3, -0.25) is 9.59 Å². The second-order valence-electron chi connectivity index (χ2n) is 6.73. The molecule has 0 saturated heterocycles. The van der Waals surface area contributed by atoms with Gasteiger partial charge in [0.05, 0.1) is 0 Å². The molecule has 0 radical (unpaired) electrons. The van der Waals surface area contributed by atoms with Crippen LogP contribution in [0.1, 0.15) is 34.1 Å². The predicted octanol–water partition coefficient (Wildman–Crippen LogP) is 3.53. The largest absolute Gasteiger partial charge is 0.331 e. The van der Waals surface area contributed by atoms with Crippen molar-refractivity contribution >= 4 is 17.4 Å². The standard InChI is InChI=1S/C21H18FN3O2/c1-25-11-10-23-20(25)19(26)13-6-8-14(9-7-13)24-21(27)17-12-16(17)15-4-2-3-5-18(15)22/h2-11,16-17H,12H2,1H3,(H,24,27)/t16-,17+/m0/s1. The van der Waals surface area contributed by atoms with Gasteiger partial charge >= 0.3 is 0 Å². The monoisotopic (exact) mass is 363 g/mol. The lowest BCUT2D eigenvalue weighted by atomic mass is 10.1. The maximum Gasteiger partial charge on any atom is 0.228 e. The Kier molecular flexibility index (Phi) is 4.32. The summed E-state index contributed by atoms with van der Waals surface area (Å²) in [7, 11) is 1.76. The maximum absolute atomic E-state index is 13.8. The Morgan fingerprint density at radius 1 is 1.15 bits per heavy atom.